The van der Waals surface area contributed by atoms with Crippen molar-refractivity contribution in [2.75, 3.05) is 24.3 Å². The number of anilines is 2. The number of para-hydroxylation sites is 2. The summed E-state index contributed by atoms with van der Waals surface area (Å²) >= 11 is 0. The molecule has 1 heterocycles. The number of aromatic nitrogens is 1. The highest BCUT2D eigenvalue weighted by Crippen LogP contribution is 2.23. The van der Waals surface area contributed by atoms with Crippen LogP contribution in [0.3, 0.4) is 0 Å². The van der Waals surface area contributed by atoms with Crippen LogP contribution in [0.1, 0.15) is 23.4 Å². The topological polar surface area (TPSA) is 58.4 Å². The van der Waals surface area contributed by atoms with Crippen molar-refractivity contribution >= 4 is 17.3 Å². The molecule has 0 unspecified atom stereocenters. The van der Waals surface area contributed by atoms with E-state index in [0.29, 0.717) is 12.8 Å². The molecule has 0 aliphatic heterocycles. The SMILES string of the molecule is Cc1noc(C)c1CCC(=O)Nc1ccccc1N(C)C. The molecule has 1 N–H and O–H groups in total. The first-order valence-electron chi connectivity index (χ1n) is 6.97. The minimum atomic E-state index is -0.00991. The maximum absolute atomic E-state index is 12.1. The number of hydrogen-bond acceptors (Lipinski definition) is 4. The first-order valence-corrected chi connectivity index (χ1v) is 6.97. The summed E-state index contributed by atoms with van der Waals surface area (Å²) in [6, 6.07) is 7.75. The van der Waals surface area contributed by atoms with Crippen LogP contribution in [0.2, 0.25) is 0 Å². The fourth-order valence-corrected chi connectivity index (χ4v) is 2.28. The van der Waals surface area contributed by atoms with Gasteiger partial charge in [-0.2, -0.15) is 0 Å². The van der Waals surface area contributed by atoms with Crippen LogP contribution in [0.15, 0.2) is 28.8 Å². The predicted molar refractivity (Wildman–Crippen MR) is 83.7 cm³/mol. The predicted octanol–water partition coefficient (Wildman–Crippen LogP) is 2.93. The Balaban J connectivity index is 2.00. The van der Waals surface area contributed by atoms with Crippen LogP contribution >= 0.6 is 0 Å². The summed E-state index contributed by atoms with van der Waals surface area (Å²) in [5, 5.41) is 6.86. The molecule has 0 aliphatic rings. The van der Waals surface area contributed by atoms with Gasteiger partial charge in [0.1, 0.15) is 5.76 Å². The molecule has 0 radical (unpaired) electrons. The molecule has 1 amide bonds. The second-order valence-corrected chi connectivity index (χ2v) is 5.26. The zero-order valence-corrected chi connectivity index (χ0v) is 12.9. The van der Waals surface area contributed by atoms with Crippen molar-refractivity contribution in [2.24, 2.45) is 0 Å². The average molecular weight is 287 g/mol. The molecular weight excluding hydrogens is 266 g/mol. The Morgan fingerprint density at radius 2 is 2.00 bits per heavy atom. The highest BCUT2D eigenvalue weighted by molar-refractivity contribution is 5.94. The van der Waals surface area contributed by atoms with E-state index in [2.05, 4.69) is 10.5 Å². The van der Waals surface area contributed by atoms with Gasteiger partial charge in [0.2, 0.25) is 5.91 Å². The van der Waals surface area contributed by atoms with Gasteiger partial charge in [-0.15, -0.1) is 0 Å². The molecular formula is C16H21N3O2. The first kappa shape index (κ1) is 15.1. The number of hydrogen-bond donors (Lipinski definition) is 1. The normalized spacial score (nSPS) is 10.5. The zero-order chi connectivity index (χ0) is 15.4. The van der Waals surface area contributed by atoms with E-state index in [1.807, 2.05) is 57.1 Å². The third kappa shape index (κ3) is 3.62. The number of rotatable bonds is 5. The molecule has 0 bridgehead atoms. The molecule has 5 nitrogen and oxygen atoms in total. The van der Waals surface area contributed by atoms with Gasteiger partial charge in [-0.1, -0.05) is 17.3 Å². The minimum Gasteiger partial charge on any atom is -0.376 e. The van der Waals surface area contributed by atoms with Gasteiger partial charge in [-0.25, -0.2) is 0 Å². The van der Waals surface area contributed by atoms with Gasteiger partial charge in [-0.05, 0) is 32.4 Å². The van der Waals surface area contributed by atoms with Crippen LogP contribution in [-0.2, 0) is 11.2 Å². The maximum Gasteiger partial charge on any atom is 0.224 e. The van der Waals surface area contributed by atoms with Crippen molar-refractivity contribution in [3.05, 3.63) is 41.3 Å². The molecule has 2 rings (SSSR count). The second kappa shape index (κ2) is 6.43. The highest BCUT2D eigenvalue weighted by atomic mass is 16.5. The van der Waals surface area contributed by atoms with Crippen LogP contribution in [0, 0.1) is 13.8 Å². The number of nitrogens with zero attached hydrogens (tertiary/aromatic N) is 2. The lowest BCUT2D eigenvalue weighted by atomic mass is 10.1. The number of nitrogens with one attached hydrogen (secondary N) is 1. The van der Waals surface area contributed by atoms with Gasteiger partial charge >= 0.3 is 0 Å². The third-order valence-corrected chi connectivity index (χ3v) is 3.44. The molecule has 21 heavy (non-hydrogen) atoms. The molecule has 0 spiro atoms. The van der Waals surface area contributed by atoms with E-state index in [-0.39, 0.29) is 5.91 Å². The summed E-state index contributed by atoms with van der Waals surface area (Å²) in [6.07, 6.45) is 1.04. The molecule has 0 saturated carbocycles. The summed E-state index contributed by atoms with van der Waals surface area (Å²) < 4.78 is 5.11. The summed E-state index contributed by atoms with van der Waals surface area (Å²) in [5.74, 6) is 0.776. The number of amides is 1. The van der Waals surface area contributed by atoms with E-state index in [9.17, 15) is 4.79 Å². The van der Waals surface area contributed by atoms with E-state index in [0.717, 1.165) is 28.4 Å². The molecule has 0 atom stereocenters. The molecule has 0 saturated heterocycles. The van der Waals surface area contributed by atoms with Gasteiger partial charge in [-0.3, -0.25) is 4.79 Å². The van der Waals surface area contributed by atoms with Crippen molar-refractivity contribution in [3.63, 3.8) is 0 Å². The highest BCUT2D eigenvalue weighted by Gasteiger charge is 2.12. The fraction of sp³-hybridized carbons (Fsp3) is 0.375. The van der Waals surface area contributed by atoms with E-state index in [4.69, 9.17) is 4.52 Å². The molecule has 1 aromatic heterocycles. The second-order valence-electron chi connectivity index (χ2n) is 5.26. The van der Waals surface area contributed by atoms with E-state index in [1.165, 1.54) is 0 Å². The van der Waals surface area contributed by atoms with E-state index in [1.54, 1.807) is 0 Å². The summed E-state index contributed by atoms with van der Waals surface area (Å²) in [5.41, 5.74) is 3.69. The number of benzene rings is 1. The Morgan fingerprint density at radius 1 is 1.29 bits per heavy atom. The van der Waals surface area contributed by atoms with Crippen LogP contribution in [0.5, 0.6) is 0 Å². The Bertz CT molecular complexity index is 613. The summed E-state index contributed by atoms with van der Waals surface area (Å²) in [7, 11) is 3.91. The Labute approximate surface area is 124 Å². The Hall–Kier alpha value is -2.30. The minimum absolute atomic E-state index is 0.00991. The van der Waals surface area contributed by atoms with Crippen molar-refractivity contribution in [1.29, 1.82) is 0 Å². The van der Waals surface area contributed by atoms with Crippen molar-refractivity contribution < 1.29 is 9.32 Å². The molecule has 0 aliphatic carbocycles. The van der Waals surface area contributed by atoms with Crippen molar-refractivity contribution in [3.8, 4) is 0 Å². The van der Waals surface area contributed by atoms with Gasteiger partial charge in [0.05, 0.1) is 17.1 Å². The summed E-state index contributed by atoms with van der Waals surface area (Å²) in [6.45, 7) is 3.76. The Kier molecular flexibility index (Phi) is 4.62. The lowest BCUT2D eigenvalue weighted by molar-refractivity contribution is -0.116. The van der Waals surface area contributed by atoms with E-state index < -0.39 is 0 Å². The standard InChI is InChI=1S/C16H21N3O2/c1-11-13(12(2)21-18-11)9-10-16(20)17-14-7-5-6-8-15(14)19(3)4/h5-8H,9-10H2,1-4H3,(H,17,20). The van der Waals surface area contributed by atoms with Crippen LogP contribution in [0.4, 0.5) is 11.4 Å². The lowest BCUT2D eigenvalue weighted by Crippen LogP contribution is -2.17. The van der Waals surface area contributed by atoms with Gasteiger partial charge < -0.3 is 14.7 Å². The lowest BCUT2D eigenvalue weighted by Gasteiger charge is -2.17. The zero-order valence-electron chi connectivity index (χ0n) is 12.9. The summed E-state index contributed by atoms with van der Waals surface area (Å²) in [4.78, 5) is 14.1. The van der Waals surface area contributed by atoms with Gasteiger partial charge in [0.25, 0.3) is 0 Å². The smallest absolute Gasteiger partial charge is 0.224 e. The van der Waals surface area contributed by atoms with Crippen molar-refractivity contribution in [1.82, 2.24) is 5.16 Å². The van der Waals surface area contributed by atoms with Gasteiger partial charge in [0, 0.05) is 26.1 Å². The average Bonchev–Trinajstić information content (AvgIpc) is 2.76. The van der Waals surface area contributed by atoms with Crippen LogP contribution in [-0.4, -0.2) is 25.2 Å². The molecule has 5 heteroatoms. The van der Waals surface area contributed by atoms with Crippen LogP contribution < -0.4 is 10.2 Å². The first-order chi connectivity index (χ1) is 9.99. The largest absolute Gasteiger partial charge is 0.376 e. The van der Waals surface area contributed by atoms with Gasteiger partial charge in [0.15, 0.2) is 0 Å². The number of carbonyl (C=O) groups excluding carboxylic acids is 1. The van der Waals surface area contributed by atoms with Crippen molar-refractivity contribution in [2.45, 2.75) is 26.7 Å². The van der Waals surface area contributed by atoms with E-state index >= 15 is 0 Å². The Morgan fingerprint density at radius 3 is 2.62 bits per heavy atom. The molecule has 1 aromatic carbocycles. The van der Waals surface area contributed by atoms with Crippen LogP contribution in [0.25, 0.3) is 0 Å². The quantitative estimate of drug-likeness (QED) is 0.918. The third-order valence-electron chi connectivity index (χ3n) is 3.44. The number of aryl methyl sites for hydroxylation is 2. The number of carbonyl (C=O) groups is 1. The molecule has 112 valence electrons. The molecule has 2 aromatic rings. The fourth-order valence-electron chi connectivity index (χ4n) is 2.28. The molecule has 0 fully saturated rings. The monoisotopic (exact) mass is 287 g/mol. The maximum atomic E-state index is 12.1.